The highest BCUT2D eigenvalue weighted by atomic mass is 32.2. The third-order valence-corrected chi connectivity index (χ3v) is 3.58. The molecular weight excluding hydrogens is 270 g/mol. The topological polar surface area (TPSA) is 122 Å². The number of hydrogen-bond acceptors (Lipinski definition) is 6. The second kappa shape index (κ2) is 6.17. The average Bonchev–Trinajstić information content (AvgIpc) is 2.36. The van der Waals surface area contributed by atoms with Crippen LogP contribution in [0.5, 0.6) is 0 Å². The van der Waals surface area contributed by atoms with Gasteiger partial charge in [0, 0.05) is 5.69 Å². The van der Waals surface area contributed by atoms with Gasteiger partial charge < -0.3 is 10.5 Å². The summed E-state index contributed by atoms with van der Waals surface area (Å²) >= 11 is 0. The molecule has 0 aliphatic carbocycles. The predicted molar refractivity (Wildman–Crippen MR) is 67.4 cm³/mol. The average molecular weight is 283 g/mol. The molecule has 0 aliphatic rings. The molecule has 0 atom stereocenters. The van der Waals surface area contributed by atoms with E-state index in [-0.39, 0.29) is 22.8 Å². The number of carbonyl (C=O) groups is 1. The van der Waals surface area contributed by atoms with E-state index < -0.39 is 22.5 Å². The molecule has 19 heavy (non-hydrogen) atoms. The molecule has 8 heteroatoms. The van der Waals surface area contributed by atoms with Crippen molar-refractivity contribution in [3.63, 3.8) is 0 Å². The number of nitriles is 1. The molecule has 0 bridgehead atoms. The fourth-order valence-electron chi connectivity index (χ4n) is 1.31. The van der Waals surface area contributed by atoms with Gasteiger partial charge in [-0.1, -0.05) is 0 Å². The summed E-state index contributed by atoms with van der Waals surface area (Å²) in [6.45, 7) is 1.28. The van der Waals surface area contributed by atoms with Crippen LogP contribution in [0.25, 0.3) is 0 Å². The van der Waals surface area contributed by atoms with Crippen molar-refractivity contribution in [1.29, 1.82) is 5.26 Å². The molecule has 102 valence electrons. The number of ether oxygens (including phenoxy) is 1. The largest absolute Gasteiger partial charge is 0.465 e. The zero-order valence-electron chi connectivity index (χ0n) is 10.2. The first-order valence-corrected chi connectivity index (χ1v) is 6.84. The highest BCUT2D eigenvalue weighted by Gasteiger charge is 2.19. The number of anilines is 1. The third kappa shape index (κ3) is 3.94. The van der Waals surface area contributed by atoms with Crippen LogP contribution in [0.2, 0.25) is 0 Å². The van der Waals surface area contributed by atoms with Gasteiger partial charge >= 0.3 is 5.97 Å². The fraction of sp³-hybridized carbons (Fsp3) is 0.273. The number of nitrogens with zero attached hydrogens (tertiary/aromatic N) is 1. The van der Waals surface area contributed by atoms with E-state index in [1.54, 1.807) is 13.0 Å². The second-order valence-electron chi connectivity index (χ2n) is 3.50. The van der Waals surface area contributed by atoms with Crippen molar-refractivity contribution in [1.82, 2.24) is 4.72 Å². The van der Waals surface area contributed by atoms with Crippen LogP contribution >= 0.6 is 0 Å². The number of carbonyl (C=O) groups excluding carboxylic acids is 1. The van der Waals surface area contributed by atoms with Crippen LogP contribution < -0.4 is 10.5 Å². The maximum Gasteiger partial charge on any atom is 0.321 e. The Morgan fingerprint density at radius 3 is 2.79 bits per heavy atom. The molecule has 0 heterocycles. The Balaban J connectivity index is 2.96. The molecule has 1 aromatic rings. The number of esters is 1. The van der Waals surface area contributed by atoms with Gasteiger partial charge in [0.05, 0.1) is 17.1 Å². The summed E-state index contributed by atoms with van der Waals surface area (Å²) in [5, 5.41) is 8.88. The quantitative estimate of drug-likeness (QED) is 0.578. The molecule has 0 amide bonds. The van der Waals surface area contributed by atoms with Gasteiger partial charge in [0.25, 0.3) is 0 Å². The highest BCUT2D eigenvalue weighted by Crippen LogP contribution is 2.17. The van der Waals surface area contributed by atoms with Crippen LogP contribution in [0, 0.1) is 11.3 Å². The molecule has 0 aliphatic heterocycles. The van der Waals surface area contributed by atoms with Gasteiger partial charge in [0.15, 0.2) is 0 Å². The lowest BCUT2D eigenvalue weighted by Gasteiger charge is -2.08. The Bertz CT molecular complexity index is 619. The van der Waals surface area contributed by atoms with Crippen LogP contribution in [-0.2, 0) is 19.6 Å². The van der Waals surface area contributed by atoms with Gasteiger partial charge in [0.1, 0.15) is 12.6 Å². The third-order valence-electron chi connectivity index (χ3n) is 2.13. The Morgan fingerprint density at radius 1 is 1.53 bits per heavy atom. The normalized spacial score (nSPS) is 10.7. The van der Waals surface area contributed by atoms with Crippen molar-refractivity contribution in [3.05, 3.63) is 23.8 Å². The summed E-state index contributed by atoms with van der Waals surface area (Å²) in [5.41, 5.74) is 5.66. The summed E-state index contributed by atoms with van der Waals surface area (Å²) in [6, 6.07) is 5.56. The van der Waals surface area contributed by atoms with Gasteiger partial charge in [-0.3, -0.25) is 4.79 Å². The first kappa shape index (κ1) is 14.9. The fourth-order valence-corrected chi connectivity index (χ4v) is 2.42. The Labute approximate surface area is 111 Å². The molecule has 1 aromatic carbocycles. The molecule has 0 fully saturated rings. The van der Waals surface area contributed by atoms with Crippen LogP contribution in [0.15, 0.2) is 23.1 Å². The summed E-state index contributed by atoms with van der Waals surface area (Å²) < 4.78 is 30.5. The van der Waals surface area contributed by atoms with E-state index in [1.807, 2.05) is 0 Å². The SMILES string of the molecule is CCOC(=O)CNS(=O)(=O)c1ccc(N)cc1C#N. The second-order valence-corrected chi connectivity index (χ2v) is 5.23. The van der Waals surface area contributed by atoms with Crippen LogP contribution in [0.3, 0.4) is 0 Å². The van der Waals surface area contributed by atoms with Crippen LogP contribution in [0.4, 0.5) is 5.69 Å². The number of hydrogen-bond donors (Lipinski definition) is 2. The number of nitrogens with one attached hydrogen (secondary N) is 1. The summed E-state index contributed by atoms with van der Waals surface area (Å²) in [5.74, 6) is -0.694. The minimum atomic E-state index is -3.96. The van der Waals surface area contributed by atoms with E-state index in [1.165, 1.54) is 18.2 Å². The van der Waals surface area contributed by atoms with E-state index in [0.29, 0.717) is 0 Å². The van der Waals surface area contributed by atoms with E-state index in [2.05, 4.69) is 9.46 Å². The molecule has 0 saturated heterocycles. The lowest BCUT2D eigenvalue weighted by atomic mass is 10.2. The summed E-state index contributed by atoms with van der Waals surface area (Å²) in [6.07, 6.45) is 0. The zero-order chi connectivity index (χ0) is 14.5. The van der Waals surface area contributed by atoms with Crippen molar-refractivity contribution in [2.75, 3.05) is 18.9 Å². The van der Waals surface area contributed by atoms with Crippen molar-refractivity contribution >= 4 is 21.7 Å². The van der Waals surface area contributed by atoms with E-state index in [0.717, 1.165) is 0 Å². The first-order valence-electron chi connectivity index (χ1n) is 5.35. The Morgan fingerprint density at radius 2 is 2.21 bits per heavy atom. The van der Waals surface area contributed by atoms with E-state index in [9.17, 15) is 13.2 Å². The Hall–Kier alpha value is -2.11. The zero-order valence-corrected chi connectivity index (χ0v) is 11.0. The molecule has 0 saturated carbocycles. The van der Waals surface area contributed by atoms with Gasteiger partial charge in [-0.05, 0) is 25.1 Å². The molecule has 0 radical (unpaired) electrons. The molecule has 0 unspecified atom stereocenters. The molecule has 0 spiro atoms. The van der Waals surface area contributed by atoms with E-state index in [4.69, 9.17) is 11.0 Å². The van der Waals surface area contributed by atoms with Gasteiger partial charge in [0.2, 0.25) is 10.0 Å². The smallest absolute Gasteiger partial charge is 0.321 e. The minimum Gasteiger partial charge on any atom is -0.465 e. The lowest BCUT2D eigenvalue weighted by Crippen LogP contribution is -2.31. The van der Waals surface area contributed by atoms with Gasteiger partial charge in [-0.15, -0.1) is 0 Å². The first-order chi connectivity index (χ1) is 8.90. The number of benzene rings is 1. The maximum absolute atomic E-state index is 11.9. The van der Waals surface area contributed by atoms with Crippen LogP contribution in [-0.4, -0.2) is 27.5 Å². The van der Waals surface area contributed by atoms with Gasteiger partial charge in [-0.25, -0.2) is 8.42 Å². The molecule has 7 nitrogen and oxygen atoms in total. The predicted octanol–water partition coefficient (Wildman–Crippen LogP) is -0.0181. The number of nitrogens with two attached hydrogens (primary N) is 1. The van der Waals surface area contributed by atoms with E-state index >= 15 is 0 Å². The van der Waals surface area contributed by atoms with Gasteiger partial charge in [-0.2, -0.15) is 9.98 Å². The summed E-state index contributed by atoms with van der Waals surface area (Å²) in [4.78, 5) is 10.9. The Kier molecular flexibility index (Phi) is 4.86. The van der Waals surface area contributed by atoms with Crippen molar-refractivity contribution in [3.8, 4) is 6.07 Å². The standard InChI is InChI=1S/C11H13N3O4S/c1-2-18-11(15)7-14-19(16,17)10-4-3-9(13)5-8(10)6-12/h3-5,14H,2,7,13H2,1H3. The number of nitrogen functional groups attached to an aromatic ring is 1. The van der Waals surface area contributed by atoms with Crippen molar-refractivity contribution in [2.45, 2.75) is 11.8 Å². The molecule has 0 aromatic heterocycles. The number of rotatable bonds is 5. The summed E-state index contributed by atoms with van der Waals surface area (Å²) in [7, 11) is -3.96. The lowest BCUT2D eigenvalue weighted by molar-refractivity contribution is -0.141. The number of sulfonamides is 1. The minimum absolute atomic E-state index is 0.0867. The monoisotopic (exact) mass is 283 g/mol. The highest BCUT2D eigenvalue weighted by molar-refractivity contribution is 7.89. The van der Waals surface area contributed by atoms with Crippen molar-refractivity contribution in [2.24, 2.45) is 0 Å². The maximum atomic E-state index is 11.9. The molecular formula is C11H13N3O4S. The van der Waals surface area contributed by atoms with Crippen molar-refractivity contribution < 1.29 is 17.9 Å². The molecule has 1 rings (SSSR count). The van der Waals surface area contributed by atoms with Crippen LogP contribution in [0.1, 0.15) is 12.5 Å². The molecule has 3 N–H and O–H groups in total.